The van der Waals surface area contributed by atoms with E-state index in [1.165, 1.54) is 36.4 Å². The molecule has 0 aliphatic heterocycles. The topological polar surface area (TPSA) is 161 Å². The molecule has 0 amide bonds. The predicted molar refractivity (Wildman–Crippen MR) is 96.0 cm³/mol. The summed E-state index contributed by atoms with van der Waals surface area (Å²) in [4.78, 5) is -0.856. The molecule has 0 unspecified atom stereocenters. The first-order chi connectivity index (χ1) is 11.0. The number of nitrogens with two attached hydrogens (primary N) is 2. The van der Waals surface area contributed by atoms with Crippen molar-refractivity contribution in [2.45, 2.75) is 9.79 Å². The van der Waals surface area contributed by atoms with Crippen LogP contribution >= 0.6 is 0 Å². The third-order valence-electron chi connectivity index (χ3n) is 3.07. The van der Waals surface area contributed by atoms with Crippen LogP contribution in [-0.4, -0.2) is 55.5 Å². The number of anilines is 2. The molecule has 0 bridgehead atoms. The van der Waals surface area contributed by atoms with Gasteiger partial charge in [-0.3, -0.25) is 9.11 Å². The SMILES string of the molecule is Nc1ccc(C=Cc2ccc(N)cc2S(=O)(=O)O)c(S(=O)(=O)O)c1.[Na]. The maximum absolute atomic E-state index is 11.4. The van der Waals surface area contributed by atoms with Crippen molar-refractivity contribution >= 4 is 73.3 Å². The molecule has 25 heavy (non-hydrogen) atoms. The molecular formula is C14H14N2NaO6S2. The number of benzene rings is 2. The molecule has 6 N–H and O–H groups in total. The molecule has 11 heteroatoms. The molecular weight excluding hydrogens is 379 g/mol. The van der Waals surface area contributed by atoms with Gasteiger partial charge in [0.05, 0.1) is 0 Å². The maximum Gasteiger partial charge on any atom is 0.295 e. The van der Waals surface area contributed by atoms with Gasteiger partial charge in [-0.05, 0) is 35.4 Å². The average molecular weight is 393 g/mol. The van der Waals surface area contributed by atoms with E-state index < -0.39 is 30.0 Å². The van der Waals surface area contributed by atoms with Gasteiger partial charge in [0.25, 0.3) is 20.2 Å². The minimum Gasteiger partial charge on any atom is -0.399 e. The van der Waals surface area contributed by atoms with Crippen LogP contribution in [0.1, 0.15) is 11.1 Å². The van der Waals surface area contributed by atoms with E-state index in [9.17, 15) is 25.9 Å². The molecule has 8 nitrogen and oxygen atoms in total. The normalized spacial score (nSPS) is 12.1. The van der Waals surface area contributed by atoms with Gasteiger partial charge in [-0.25, -0.2) is 0 Å². The fraction of sp³-hybridized carbons (Fsp3) is 0. The number of hydrogen-bond donors (Lipinski definition) is 4. The van der Waals surface area contributed by atoms with E-state index in [1.807, 2.05) is 0 Å². The van der Waals surface area contributed by atoms with Gasteiger partial charge in [0.1, 0.15) is 9.79 Å². The summed E-state index contributed by atoms with van der Waals surface area (Å²) in [6.07, 6.45) is 2.53. The molecule has 0 saturated heterocycles. The van der Waals surface area contributed by atoms with Crippen molar-refractivity contribution in [2.24, 2.45) is 0 Å². The van der Waals surface area contributed by atoms with Gasteiger partial charge in [0, 0.05) is 40.9 Å². The van der Waals surface area contributed by atoms with Crippen molar-refractivity contribution in [3.05, 3.63) is 47.5 Å². The first-order valence-corrected chi connectivity index (χ1v) is 9.28. The van der Waals surface area contributed by atoms with Crippen LogP contribution in [0.15, 0.2) is 46.2 Å². The quantitative estimate of drug-likeness (QED) is 0.260. The van der Waals surface area contributed by atoms with Gasteiger partial charge >= 0.3 is 0 Å². The van der Waals surface area contributed by atoms with E-state index in [-0.39, 0.29) is 52.1 Å². The molecule has 129 valence electrons. The summed E-state index contributed by atoms with van der Waals surface area (Å²) < 4.78 is 64.1. The molecule has 0 saturated carbocycles. The van der Waals surface area contributed by atoms with Gasteiger partial charge in [0.2, 0.25) is 0 Å². The van der Waals surface area contributed by atoms with Gasteiger partial charge in [-0.15, -0.1) is 0 Å². The van der Waals surface area contributed by atoms with E-state index in [2.05, 4.69) is 0 Å². The second-order valence-corrected chi connectivity index (χ2v) is 7.66. The first kappa shape index (κ1) is 21.6. The zero-order chi connectivity index (χ0) is 18.1. The van der Waals surface area contributed by atoms with Crippen molar-refractivity contribution in [3.8, 4) is 0 Å². The Hall–Kier alpha value is -1.40. The molecule has 0 aliphatic rings. The smallest absolute Gasteiger partial charge is 0.295 e. The van der Waals surface area contributed by atoms with Crippen LogP contribution in [0, 0.1) is 0 Å². The monoisotopic (exact) mass is 393 g/mol. The minimum absolute atomic E-state index is 0. The maximum atomic E-state index is 11.4. The average Bonchev–Trinajstić information content (AvgIpc) is 2.45. The summed E-state index contributed by atoms with van der Waals surface area (Å²) in [5.41, 5.74) is 11.4. The van der Waals surface area contributed by atoms with Crippen molar-refractivity contribution < 1.29 is 25.9 Å². The Bertz CT molecular complexity index is 950. The Labute approximate surface area is 167 Å². The molecule has 2 aromatic rings. The molecule has 0 aliphatic carbocycles. The third-order valence-corrected chi connectivity index (χ3v) is 4.89. The molecule has 1 radical (unpaired) electrons. The van der Waals surface area contributed by atoms with E-state index in [0.29, 0.717) is 0 Å². The standard InChI is InChI=1S/C14H14N2O6S2.Na/c15-11-5-3-9(13(7-11)23(17,18)19)1-2-10-4-6-12(16)8-14(10)24(20,21)22;/h1-8H,15-16H2,(H,17,18,19)(H,20,21,22);. The number of rotatable bonds is 4. The van der Waals surface area contributed by atoms with Crippen LogP contribution < -0.4 is 11.5 Å². The first-order valence-electron chi connectivity index (χ1n) is 6.40. The Balaban J connectivity index is 0.00000312. The summed E-state index contributed by atoms with van der Waals surface area (Å²) in [7, 11) is -9.05. The van der Waals surface area contributed by atoms with Gasteiger partial charge in [0.15, 0.2) is 0 Å². The predicted octanol–water partition coefficient (Wildman–Crippen LogP) is 1.13. The van der Waals surface area contributed by atoms with Gasteiger partial charge in [-0.2, -0.15) is 16.8 Å². The van der Waals surface area contributed by atoms with Crippen LogP contribution in [0.2, 0.25) is 0 Å². The van der Waals surface area contributed by atoms with E-state index >= 15 is 0 Å². The fourth-order valence-corrected chi connectivity index (χ4v) is 3.44. The van der Waals surface area contributed by atoms with E-state index in [4.69, 9.17) is 11.5 Å². The van der Waals surface area contributed by atoms with E-state index in [1.54, 1.807) is 0 Å². The summed E-state index contributed by atoms with van der Waals surface area (Å²) >= 11 is 0. The molecule has 0 aromatic heterocycles. The second-order valence-electron chi connectivity index (χ2n) is 4.88. The van der Waals surface area contributed by atoms with Crippen molar-refractivity contribution in [3.63, 3.8) is 0 Å². The largest absolute Gasteiger partial charge is 0.399 e. The Kier molecular flexibility index (Phi) is 6.81. The van der Waals surface area contributed by atoms with Crippen LogP contribution in [-0.2, 0) is 20.2 Å². The third kappa shape index (κ3) is 5.54. The van der Waals surface area contributed by atoms with Crippen molar-refractivity contribution in [1.29, 1.82) is 0 Å². The molecule has 2 rings (SSSR count). The summed E-state index contributed by atoms with van der Waals surface area (Å²) in [6.45, 7) is 0. The molecule has 0 heterocycles. The summed E-state index contributed by atoms with van der Waals surface area (Å²) in [5, 5.41) is 0. The van der Waals surface area contributed by atoms with Gasteiger partial charge in [-0.1, -0.05) is 24.3 Å². The Morgan fingerprint density at radius 1 is 0.720 bits per heavy atom. The molecule has 0 fully saturated rings. The van der Waals surface area contributed by atoms with Crippen LogP contribution in [0.4, 0.5) is 11.4 Å². The van der Waals surface area contributed by atoms with Crippen LogP contribution in [0.3, 0.4) is 0 Å². The minimum atomic E-state index is -4.52. The fourth-order valence-electron chi connectivity index (χ4n) is 2.00. The Morgan fingerprint density at radius 2 is 1.04 bits per heavy atom. The van der Waals surface area contributed by atoms with Crippen molar-refractivity contribution in [1.82, 2.24) is 0 Å². The molecule has 0 atom stereocenters. The zero-order valence-electron chi connectivity index (χ0n) is 13.1. The van der Waals surface area contributed by atoms with Crippen LogP contribution in [0.5, 0.6) is 0 Å². The Morgan fingerprint density at radius 3 is 1.32 bits per heavy atom. The van der Waals surface area contributed by atoms with Crippen LogP contribution in [0.25, 0.3) is 12.2 Å². The number of hydrogen-bond acceptors (Lipinski definition) is 6. The molecule has 0 spiro atoms. The number of nitrogen functional groups attached to an aromatic ring is 2. The molecule has 2 aromatic carbocycles. The summed E-state index contributed by atoms with van der Waals surface area (Å²) in [5.74, 6) is 0. The second kappa shape index (κ2) is 7.87. The van der Waals surface area contributed by atoms with Gasteiger partial charge < -0.3 is 11.5 Å². The van der Waals surface area contributed by atoms with E-state index in [0.717, 1.165) is 12.1 Å². The van der Waals surface area contributed by atoms with Crippen molar-refractivity contribution in [2.75, 3.05) is 11.5 Å². The summed E-state index contributed by atoms with van der Waals surface area (Å²) in [6, 6.07) is 7.67. The zero-order valence-corrected chi connectivity index (χ0v) is 16.8.